The van der Waals surface area contributed by atoms with Crippen molar-refractivity contribution in [3.05, 3.63) is 116 Å². The minimum absolute atomic E-state index is 0.0823. The van der Waals surface area contributed by atoms with Gasteiger partial charge in [0.1, 0.15) is 23.0 Å². The Morgan fingerprint density at radius 1 is 0.429 bits per heavy atom. The van der Waals surface area contributed by atoms with Gasteiger partial charge in [0.05, 0.1) is 0 Å². The van der Waals surface area contributed by atoms with E-state index in [9.17, 15) is 20.4 Å². The van der Waals surface area contributed by atoms with Crippen LogP contribution in [0.4, 0.5) is 0 Å². The highest BCUT2D eigenvalue weighted by Crippen LogP contribution is 2.39. The van der Waals surface area contributed by atoms with Gasteiger partial charge in [-0.25, -0.2) is 0 Å². The van der Waals surface area contributed by atoms with Crippen LogP contribution in [-0.4, -0.2) is 20.4 Å². The van der Waals surface area contributed by atoms with E-state index in [0.29, 0.717) is 24.3 Å². The lowest BCUT2D eigenvalue weighted by Crippen LogP contribution is -2.18. The lowest BCUT2D eigenvalue weighted by atomic mass is 9.77. The van der Waals surface area contributed by atoms with Crippen LogP contribution in [-0.2, 0) is 23.7 Å². The molecule has 224 valence electrons. The second kappa shape index (κ2) is 12.5. The van der Waals surface area contributed by atoms with Crippen molar-refractivity contribution in [2.24, 2.45) is 0 Å². The first-order valence-electron chi connectivity index (χ1n) is 14.6. The molecule has 0 amide bonds. The largest absolute Gasteiger partial charge is 0.508 e. The average molecular weight is 569 g/mol. The molecule has 0 unspecified atom stereocenters. The van der Waals surface area contributed by atoms with Crippen LogP contribution in [0.25, 0.3) is 0 Å². The quantitative estimate of drug-likeness (QED) is 0.198. The molecule has 0 radical (unpaired) electrons. The van der Waals surface area contributed by atoms with Crippen molar-refractivity contribution in [1.29, 1.82) is 0 Å². The maximum absolute atomic E-state index is 10.7. The molecule has 42 heavy (non-hydrogen) atoms. The molecule has 0 fully saturated rings. The standard InChI is InChI=1S/C23H32O2.C15H16O2/c1-14-9-18(22(3,4)5)16(20(24)11-14)13-17-19(23(6,7)8)10-15(2)12-21(17)25;1-10-3-5-12(14(16)7-10)9-13-6-4-11(2)8-15(13)17/h9-12,24-25H,13H2,1-8H3;3-8,16-17H,9H2,1-2H3. The van der Waals surface area contributed by atoms with Gasteiger partial charge < -0.3 is 20.4 Å². The number of benzene rings is 4. The third kappa shape index (κ3) is 8.09. The van der Waals surface area contributed by atoms with Crippen molar-refractivity contribution in [2.45, 2.75) is 92.9 Å². The average Bonchev–Trinajstić information content (AvgIpc) is 2.84. The molecular formula is C38H48O4. The second-order valence-electron chi connectivity index (χ2n) is 13.7. The van der Waals surface area contributed by atoms with Crippen LogP contribution in [0.5, 0.6) is 23.0 Å². The van der Waals surface area contributed by atoms with E-state index in [1.165, 1.54) is 0 Å². The molecule has 0 saturated carbocycles. The zero-order valence-corrected chi connectivity index (χ0v) is 27.0. The molecule has 0 bridgehead atoms. The number of aryl methyl sites for hydroxylation is 4. The van der Waals surface area contributed by atoms with Crippen molar-refractivity contribution in [1.82, 2.24) is 0 Å². The molecule has 0 spiro atoms. The van der Waals surface area contributed by atoms with Crippen molar-refractivity contribution >= 4 is 0 Å². The van der Waals surface area contributed by atoms with Gasteiger partial charge in [0.25, 0.3) is 0 Å². The van der Waals surface area contributed by atoms with Crippen LogP contribution in [0, 0.1) is 27.7 Å². The van der Waals surface area contributed by atoms with Gasteiger partial charge in [-0.1, -0.05) is 77.9 Å². The molecule has 4 aromatic carbocycles. The highest BCUT2D eigenvalue weighted by atomic mass is 16.3. The zero-order valence-electron chi connectivity index (χ0n) is 27.0. The summed E-state index contributed by atoms with van der Waals surface area (Å²) < 4.78 is 0. The van der Waals surface area contributed by atoms with Gasteiger partial charge in [0.2, 0.25) is 0 Å². The van der Waals surface area contributed by atoms with Crippen molar-refractivity contribution in [3.8, 4) is 23.0 Å². The first kappa shape index (κ1) is 32.6. The van der Waals surface area contributed by atoms with E-state index in [1.807, 2.05) is 64.1 Å². The zero-order chi connectivity index (χ0) is 31.6. The maximum Gasteiger partial charge on any atom is 0.119 e. The number of phenolic OH excluding ortho intramolecular Hbond substituents is 4. The van der Waals surface area contributed by atoms with Gasteiger partial charge in [-0.3, -0.25) is 0 Å². The van der Waals surface area contributed by atoms with Crippen LogP contribution in [0.2, 0.25) is 0 Å². The molecule has 4 heteroatoms. The lowest BCUT2D eigenvalue weighted by Gasteiger charge is -2.28. The fourth-order valence-corrected chi connectivity index (χ4v) is 5.33. The van der Waals surface area contributed by atoms with Crippen LogP contribution in [0.1, 0.15) is 97.2 Å². The normalized spacial score (nSPS) is 11.7. The Kier molecular flexibility index (Phi) is 9.72. The SMILES string of the molecule is Cc1cc(O)c(Cc2c(O)cc(C)cc2C(C)(C)C)c(C(C)(C)C)c1.Cc1ccc(Cc2ccc(C)cc2O)c(O)c1. The topological polar surface area (TPSA) is 80.9 Å². The predicted molar refractivity (Wildman–Crippen MR) is 174 cm³/mol. The molecule has 0 saturated heterocycles. The molecule has 0 aliphatic rings. The minimum atomic E-state index is -0.0823. The third-order valence-corrected chi connectivity index (χ3v) is 7.57. The number of rotatable bonds is 4. The molecule has 4 nitrogen and oxygen atoms in total. The van der Waals surface area contributed by atoms with Gasteiger partial charge >= 0.3 is 0 Å². The van der Waals surface area contributed by atoms with E-state index in [1.54, 1.807) is 12.1 Å². The molecule has 0 aromatic heterocycles. The van der Waals surface area contributed by atoms with Gasteiger partial charge in [-0.15, -0.1) is 0 Å². The van der Waals surface area contributed by atoms with E-state index >= 15 is 0 Å². The van der Waals surface area contributed by atoms with E-state index in [2.05, 4.69) is 53.7 Å². The molecule has 4 aromatic rings. The fourth-order valence-electron chi connectivity index (χ4n) is 5.33. The Balaban J connectivity index is 0.000000247. The van der Waals surface area contributed by atoms with E-state index in [4.69, 9.17) is 0 Å². The van der Waals surface area contributed by atoms with Crippen LogP contribution in [0.3, 0.4) is 0 Å². The van der Waals surface area contributed by atoms with Gasteiger partial charge in [-0.2, -0.15) is 0 Å². The van der Waals surface area contributed by atoms with E-state index < -0.39 is 0 Å². The smallest absolute Gasteiger partial charge is 0.119 e. The molecule has 4 N–H and O–H groups in total. The Morgan fingerprint density at radius 3 is 1.07 bits per heavy atom. The first-order chi connectivity index (χ1) is 19.4. The summed E-state index contributed by atoms with van der Waals surface area (Å²) in [5.41, 5.74) is 9.72. The van der Waals surface area contributed by atoms with E-state index in [-0.39, 0.29) is 22.3 Å². The van der Waals surface area contributed by atoms with Crippen molar-refractivity contribution in [2.75, 3.05) is 0 Å². The molecule has 0 heterocycles. The summed E-state index contributed by atoms with van der Waals surface area (Å²) in [5.74, 6) is 1.18. The number of phenols is 4. The van der Waals surface area contributed by atoms with Crippen molar-refractivity contribution in [3.63, 3.8) is 0 Å². The second-order valence-corrected chi connectivity index (χ2v) is 13.7. The Hall–Kier alpha value is -3.92. The lowest BCUT2D eigenvalue weighted by molar-refractivity contribution is 0.454. The number of hydrogen-bond donors (Lipinski definition) is 4. The fraction of sp³-hybridized carbons (Fsp3) is 0.368. The summed E-state index contributed by atoms with van der Waals surface area (Å²) in [7, 11) is 0. The number of hydrogen-bond acceptors (Lipinski definition) is 4. The molecular weight excluding hydrogens is 520 g/mol. The number of aromatic hydroxyl groups is 4. The van der Waals surface area contributed by atoms with Crippen molar-refractivity contribution < 1.29 is 20.4 Å². The van der Waals surface area contributed by atoms with Gasteiger partial charge in [0.15, 0.2) is 0 Å². The first-order valence-corrected chi connectivity index (χ1v) is 14.6. The summed E-state index contributed by atoms with van der Waals surface area (Å²) in [4.78, 5) is 0. The summed E-state index contributed by atoms with van der Waals surface area (Å²) in [6, 6.07) is 19.1. The van der Waals surface area contributed by atoms with Crippen LogP contribution >= 0.6 is 0 Å². The third-order valence-electron chi connectivity index (χ3n) is 7.57. The molecule has 0 aliphatic carbocycles. The predicted octanol–water partition coefficient (Wildman–Crippen LogP) is 9.21. The molecule has 0 atom stereocenters. The van der Waals surface area contributed by atoms with Gasteiger partial charge in [0, 0.05) is 24.0 Å². The van der Waals surface area contributed by atoms with Gasteiger partial charge in [-0.05, 0) is 107 Å². The monoisotopic (exact) mass is 568 g/mol. The maximum atomic E-state index is 10.7. The Labute approximate surface area is 252 Å². The molecule has 0 aliphatic heterocycles. The summed E-state index contributed by atoms with van der Waals surface area (Å²) in [6.07, 6.45) is 1.07. The summed E-state index contributed by atoms with van der Waals surface area (Å²) in [6.45, 7) is 20.8. The highest BCUT2D eigenvalue weighted by Gasteiger charge is 2.26. The molecule has 4 rings (SSSR count). The summed E-state index contributed by atoms with van der Waals surface area (Å²) in [5, 5.41) is 40.9. The van der Waals surface area contributed by atoms with E-state index in [0.717, 1.165) is 55.6 Å². The Bertz CT molecular complexity index is 1450. The Morgan fingerprint density at radius 2 is 0.762 bits per heavy atom. The minimum Gasteiger partial charge on any atom is -0.508 e. The van der Waals surface area contributed by atoms with Crippen LogP contribution in [0.15, 0.2) is 60.7 Å². The highest BCUT2D eigenvalue weighted by molar-refractivity contribution is 5.53. The summed E-state index contributed by atoms with van der Waals surface area (Å²) >= 11 is 0. The van der Waals surface area contributed by atoms with Crippen LogP contribution < -0.4 is 0 Å².